The highest BCUT2D eigenvalue weighted by Gasteiger charge is 2.15. The van der Waals surface area contributed by atoms with Crippen LogP contribution in [0.15, 0.2) is 54.7 Å². The fourth-order valence-electron chi connectivity index (χ4n) is 3.38. The molecule has 0 unspecified atom stereocenters. The van der Waals surface area contributed by atoms with Crippen LogP contribution in [0.25, 0.3) is 22.0 Å². The second-order valence-electron chi connectivity index (χ2n) is 6.74. The van der Waals surface area contributed by atoms with Gasteiger partial charge in [0.2, 0.25) is 0 Å². The molecule has 0 spiro atoms. The lowest BCUT2D eigenvalue weighted by Gasteiger charge is -2.22. The summed E-state index contributed by atoms with van der Waals surface area (Å²) in [7, 11) is 0. The molecule has 3 rings (SSSR count). The maximum atomic E-state index is 12.8. The number of fused-ring (bicyclic) bond motifs is 1. The summed E-state index contributed by atoms with van der Waals surface area (Å²) in [6.45, 7) is 7.89. The second kappa shape index (κ2) is 8.13. The van der Waals surface area contributed by atoms with Crippen molar-refractivity contribution >= 4 is 16.8 Å². The van der Waals surface area contributed by atoms with Crippen molar-refractivity contribution in [1.29, 1.82) is 0 Å². The quantitative estimate of drug-likeness (QED) is 0.593. The summed E-state index contributed by atoms with van der Waals surface area (Å²) in [4.78, 5) is 19.3. The van der Waals surface area contributed by atoms with E-state index in [4.69, 9.17) is 0 Å². The molecule has 0 fully saturated rings. The number of para-hydroxylation sites is 1. The second-order valence-corrected chi connectivity index (χ2v) is 6.74. The summed E-state index contributed by atoms with van der Waals surface area (Å²) in [5, 5.41) is 1.13. The van der Waals surface area contributed by atoms with Gasteiger partial charge in [-0.25, -0.2) is 0 Å². The molecule has 3 nitrogen and oxygen atoms in total. The number of rotatable bonds is 6. The van der Waals surface area contributed by atoms with Crippen molar-refractivity contribution in [3.8, 4) is 11.1 Å². The first-order valence-electron chi connectivity index (χ1n) is 9.39. The van der Waals surface area contributed by atoms with Crippen molar-refractivity contribution in [2.45, 2.75) is 33.6 Å². The molecule has 26 heavy (non-hydrogen) atoms. The number of benzene rings is 2. The first kappa shape index (κ1) is 18.1. The van der Waals surface area contributed by atoms with Crippen molar-refractivity contribution in [2.24, 2.45) is 0 Å². The molecular weight excluding hydrogens is 320 g/mol. The van der Waals surface area contributed by atoms with Gasteiger partial charge in [-0.3, -0.25) is 9.78 Å². The largest absolute Gasteiger partial charge is 0.339 e. The molecule has 1 heterocycles. The van der Waals surface area contributed by atoms with E-state index in [0.717, 1.165) is 59.1 Å². The predicted octanol–water partition coefficient (Wildman–Crippen LogP) is 5.47. The summed E-state index contributed by atoms with van der Waals surface area (Å²) >= 11 is 0. The van der Waals surface area contributed by atoms with Crippen molar-refractivity contribution in [3.05, 3.63) is 65.9 Å². The molecule has 0 radical (unpaired) electrons. The van der Waals surface area contributed by atoms with Crippen LogP contribution in [0.4, 0.5) is 0 Å². The molecule has 3 aromatic rings. The molecule has 1 aromatic heterocycles. The minimum atomic E-state index is 0.125. The molecule has 0 aliphatic heterocycles. The monoisotopic (exact) mass is 346 g/mol. The third-order valence-corrected chi connectivity index (χ3v) is 4.65. The Bertz CT molecular complexity index is 911. The van der Waals surface area contributed by atoms with E-state index in [2.05, 4.69) is 37.9 Å². The molecule has 0 saturated heterocycles. The van der Waals surface area contributed by atoms with Crippen LogP contribution >= 0.6 is 0 Å². The van der Waals surface area contributed by atoms with Crippen molar-refractivity contribution in [3.63, 3.8) is 0 Å². The molecular formula is C23H26N2O. The van der Waals surface area contributed by atoms with E-state index in [-0.39, 0.29) is 5.91 Å². The van der Waals surface area contributed by atoms with Crippen molar-refractivity contribution < 1.29 is 4.79 Å². The number of aromatic nitrogens is 1. The Morgan fingerprint density at radius 3 is 2.42 bits per heavy atom. The molecule has 0 bridgehead atoms. The normalized spacial score (nSPS) is 10.9. The van der Waals surface area contributed by atoms with Crippen molar-refractivity contribution in [2.75, 3.05) is 13.1 Å². The topological polar surface area (TPSA) is 33.2 Å². The number of hydrogen-bond donors (Lipinski definition) is 0. The Kier molecular flexibility index (Phi) is 5.67. The average Bonchev–Trinajstić information content (AvgIpc) is 2.67. The number of pyridine rings is 1. The van der Waals surface area contributed by atoms with Gasteiger partial charge < -0.3 is 4.90 Å². The van der Waals surface area contributed by atoms with Gasteiger partial charge in [-0.15, -0.1) is 0 Å². The van der Waals surface area contributed by atoms with E-state index < -0.39 is 0 Å². The fraction of sp³-hybridized carbons (Fsp3) is 0.304. The van der Waals surface area contributed by atoms with Crippen LogP contribution in [0, 0.1) is 6.92 Å². The van der Waals surface area contributed by atoms with Crippen LogP contribution in [0.3, 0.4) is 0 Å². The molecule has 134 valence electrons. The summed E-state index contributed by atoms with van der Waals surface area (Å²) in [6.07, 6.45) is 3.86. The first-order valence-corrected chi connectivity index (χ1v) is 9.39. The smallest absolute Gasteiger partial charge is 0.253 e. The van der Waals surface area contributed by atoms with Gasteiger partial charge in [-0.1, -0.05) is 38.1 Å². The Morgan fingerprint density at radius 2 is 1.73 bits per heavy atom. The number of amides is 1. The molecule has 2 aromatic carbocycles. The van der Waals surface area contributed by atoms with E-state index in [1.54, 1.807) is 0 Å². The summed E-state index contributed by atoms with van der Waals surface area (Å²) in [5.74, 6) is 0.125. The highest BCUT2D eigenvalue weighted by Crippen LogP contribution is 2.27. The zero-order valence-corrected chi connectivity index (χ0v) is 15.8. The van der Waals surface area contributed by atoms with Crippen LogP contribution in [-0.4, -0.2) is 28.9 Å². The third kappa shape index (κ3) is 3.77. The lowest BCUT2D eigenvalue weighted by atomic mass is 9.98. The standard InChI is InChI=1S/C23H26N2O/c1-4-12-25(13-5-2)23(26)19-10-11-21(17(3)14-19)20-15-18-8-6-7-9-22(18)24-16-20/h6-11,14-16H,4-5,12-13H2,1-3H3. The van der Waals surface area contributed by atoms with Crippen LogP contribution in [-0.2, 0) is 0 Å². The molecule has 0 saturated carbocycles. The zero-order chi connectivity index (χ0) is 18.5. The Morgan fingerprint density at radius 1 is 1.00 bits per heavy atom. The Balaban J connectivity index is 1.92. The minimum Gasteiger partial charge on any atom is -0.339 e. The number of carbonyl (C=O) groups excluding carboxylic acids is 1. The van der Waals surface area contributed by atoms with E-state index in [1.807, 2.05) is 47.5 Å². The summed E-state index contributed by atoms with van der Waals surface area (Å²) < 4.78 is 0. The number of nitrogens with zero attached hydrogens (tertiary/aromatic N) is 2. The molecule has 0 N–H and O–H groups in total. The van der Waals surface area contributed by atoms with Gasteiger partial charge in [0.25, 0.3) is 5.91 Å². The van der Waals surface area contributed by atoms with Gasteiger partial charge in [-0.05, 0) is 55.2 Å². The van der Waals surface area contributed by atoms with Gasteiger partial charge in [0.05, 0.1) is 5.52 Å². The molecule has 0 atom stereocenters. The number of aryl methyl sites for hydroxylation is 1. The van der Waals surface area contributed by atoms with E-state index in [9.17, 15) is 4.79 Å². The summed E-state index contributed by atoms with van der Waals surface area (Å²) in [5.41, 5.74) is 5.06. The van der Waals surface area contributed by atoms with Crippen LogP contribution in [0.2, 0.25) is 0 Å². The van der Waals surface area contributed by atoms with Gasteiger partial charge in [-0.2, -0.15) is 0 Å². The Labute approximate surface area is 155 Å². The SMILES string of the molecule is CCCN(CCC)C(=O)c1ccc(-c2cnc3ccccc3c2)c(C)c1. The molecule has 0 aliphatic rings. The Hall–Kier alpha value is -2.68. The minimum absolute atomic E-state index is 0.125. The molecule has 3 heteroatoms. The third-order valence-electron chi connectivity index (χ3n) is 4.65. The molecule has 1 amide bonds. The maximum Gasteiger partial charge on any atom is 0.253 e. The van der Waals surface area contributed by atoms with Gasteiger partial charge in [0.1, 0.15) is 0 Å². The van der Waals surface area contributed by atoms with E-state index in [0.29, 0.717) is 0 Å². The number of hydrogen-bond acceptors (Lipinski definition) is 2. The van der Waals surface area contributed by atoms with Gasteiger partial charge >= 0.3 is 0 Å². The number of carbonyl (C=O) groups is 1. The highest BCUT2D eigenvalue weighted by molar-refractivity contribution is 5.95. The van der Waals surface area contributed by atoms with Crippen LogP contribution in [0.1, 0.15) is 42.6 Å². The predicted molar refractivity (Wildman–Crippen MR) is 108 cm³/mol. The first-order chi connectivity index (χ1) is 12.6. The van der Waals surface area contributed by atoms with Gasteiger partial charge in [0.15, 0.2) is 0 Å². The lowest BCUT2D eigenvalue weighted by molar-refractivity contribution is 0.0755. The van der Waals surface area contributed by atoms with E-state index in [1.165, 1.54) is 0 Å². The van der Waals surface area contributed by atoms with Crippen LogP contribution in [0.5, 0.6) is 0 Å². The lowest BCUT2D eigenvalue weighted by Crippen LogP contribution is -2.32. The summed E-state index contributed by atoms with van der Waals surface area (Å²) in [6, 6.07) is 16.3. The average molecular weight is 346 g/mol. The van der Waals surface area contributed by atoms with Crippen molar-refractivity contribution in [1.82, 2.24) is 9.88 Å². The van der Waals surface area contributed by atoms with Crippen LogP contribution < -0.4 is 0 Å². The highest BCUT2D eigenvalue weighted by atomic mass is 16.2. The van der Waals surface area contributed by atoms with Gasteiger partial charge in [0, 0.05) is 35.8 Å². The zero-order valence-electron chi connectivity index (χ0n) is 15.8. The fourth-order valence-corrected chi connectivity index (χ4v) is 3.38. The maximum absolute atomic E-state index is 12.8. The van der Waals surface area contributed by atoms with E-state index >= 15 is 0 Å². The molecule has 0 aliphatic carbocycles.